The highest BCUT2D eigenvalue weighted by Crippen LogP contribution is 2.14. The number of benzene rings is 2. The number of rotatable bonds is 9. The molecule has 11 heteroatoms. The minimum Gasteiger partial charge on any atom is -0.393 e. The first-order valence-electron chi connectivity index (χ1n) is 8.87. The van der Waals surface area contributed by atoms with Crippen LogP contribution in [-0.4, -0.2) is 50.9 Å². The zero-order chi connectivity index (χ0) is 22.1. The number of halogens is 1. The van der Waals surface area contributed by atoms with E-state index >= 15 is 0 Å². The summed E-state index contributed by atoms with van der Waals surface area (Å²) in [5.74, 6) is -0.0121. The Hall–Kier alpha value is -2.82. The first-order chi connectivity index (χ1) is 14.2. The van der Waals surface area contributed by atoms with E-state index in [4.69, 9.17) is 27.3 Å². The summed E-state index contributed by atoms with van der Waals surface area (Å²) in [5.41, 5.74) is 7.20. The smallest absolute Gasteiger partial charge is 0.319 e. The maximum absolute atomic E-state index is 12.4. The molecule has 1 atom stereocenters. The number of nitrogens with zero attached hydrogens (tertiary/aromatic N) is 1. The van der Waals surface area contributed by atoms with E-state index in [1.807, 2.05) is 0 Å². The molecule has 2 amide bonds. The number of urea groups is 1. The first-order valence-corrected chi connectivity index (χ1v) is 11.1. The predicted molar refractivity (Wildman–Crippen MR) is 115 cm³/mol. The Morgan fingerprint density at radius 1 is 1.20 bits per heavy atom. The molecule has 0 spiro atoms. The van der Waals surface area contributed by atoms with Crippen molar-refractivity contribution in [1.29, 1.82) is 0 Å². The van der Waals surface area contributed by atoms with E-state index in [9.17, 15) is 13.2 Å². The third kappa shape index (κ3) is 7.54. The van der Waals surface area contributed by atoms with E-state index in [1.54, 1.807) is 36.4 Å². The number of hydrogen-bond acceptors (Lipinski definition) is 6. The van der Waals surface area contributed by atoms with Crippen LogP contribution in [0.4, 0.5) is 10.5 Å². The van der Waals surface area contributed by atoms with Crippen LogP contribution in [0.2, 0.25) is 5.02 Å². The molecule has 2 rings (SSSR count). The van der Waals surface area contributed by atoms with Gasteiger partial charge in [-0.05, 0) is 42.0 Å². The number of anilines is 1. The molecule has 0 aliphatic rings. The molecule has 162 valence electrons. The van der Waals surface area contributed by atoms with Crippen LogP contribution in [0.15, 0.2) is 58.6 Å². The van der Waals surface area contributed by atoms with Crippen LogP contribution in [-0.2, 0) is 21.1 Å². The van der Waals surface area contributed by atoms with Crippen molar-refractivity contribution in [3.8, 4) is 0 Å². The maximum atomic E-state index is 12.4. The Morgan fingerprint density at radius 3 is 2.40 bits per heavy atom. The van der Waals surface area contributed by atoms with Gasteiger partial charge in [-0.1, -0.05) is 28.9 Å². The molecule has 1 unspecified atom stereocenters. The molecule has 2 aromatic rings. The summed E-state index contributed by atoms with van der Waals surface area (Å²) in [7, 11) is -3.32. The molecule has 2 aromatic carbocycles. The molecule has 0 fully saturated rings. The van der Waals surface area contributed by atoms with E-state index in [1.165, 1.54) is 12.1 Å². The number of aliphatic hydroxyl groups excluding tert-OH is 1. The first kappa shape index (κ1) is 23.5. The van der Waals surface area contributed by atoms with Crippen LogP contribution in [0.3, 0.4) is 0 Å². The van der Waals surface area contributed by atoms with Crippen molar-refractivity contribution in [2.75, 3.05) is 24.8 Å². The van der Waals surface area contributed by atoms with Gasteiger partial charge in [0.25, 0.3) is 0 Å². The number of oxime groups is 1. The van der Waals surface area contributed by atoms with Crippen LogP contribution in [0.25, 0.3) is 0 Å². The molecule has 0 saturated carbocycles. The van der Waals surface area contributed by atoms with Crippen molar-refractivity contribution >= 4 is 39.0 Å². The highest BCUT2D eigenvalue weighted by atomic mass is 35.5. The highest BCUT2D eigenvalue weighted by Gasteiger charge is 2.19. The summed E-state index contributed by atoms with van der Waals surface area (Å²) in [4.78, 5) is 17.5. The third-order valence-corrected chi connectivity index (χ3v) is 5.29. The van der Waals surface area contributed by atoms with Crippen molar-refractivity contribution in [3.63, 3.8) is 0 Å². The summed E-state index contributed by atoms with van der Waals surface area (Å²) in [6.45, 7) is -0.285. The van der Waals surface area contributed by atoms with Gasteiger partial charge < -0.3 is 26.3 Å². The Labute approximate surface area is 179 Å². The maximum Gasteiger partial charge on any atom is 0.319 e. The normalized spacial score (nSPS) is 12.8. The van der Waals surface area contributed by atoms with Crippen molar-refractivity contribution < 1.29 is 23.2 Å². The minimum atomic E-state index is -3.32. The lowest BCUT2D eigenvalue weighted by atomic mass is 10.1. The number of aliphatic hydroxyl groups is 1. The molecule has 0 heterocycles. The lowest BCUT2D eigenvalue weighted by Gasteiger charge is -2.19. The zero-order valence-corrected chi connectivity index (χ0v) is 17.8. The third-order valence-electron chi connectivity index (χ3n) is 3.91. The molecule has 0 bridgehead atoms. The van der Waals surface area contributed by atoms with Crippen LogP contribution >= 0.6 is 11.6 Å². The van der Waals surface area contributed by atoms with Gasteiger partial charge >= 0.3 is 6.03 Å². The van der Waals surface area contributed by atoms with Crippen LogP contribution in [0.5, 0.6) is 0 Å². The molecule has 0 saturated heterocycles. The molecular formula is C19H23ClN4O5S. The standard InChI is InChI=1S/C19H23ClN4O5S/c1-30(27,28)16-8-2-13(3-9-16)12-17(18(21)24-29-11-10-25)23-19(26)22-15-6-4-14(20)5-7-15/h2-9,17,25H,10-12H2,1H3,(H2,21,24)(H2,22,23,26). The van der Waals surface area contributed by atoms with Crippen molar-refractivity contribution in [1.82, 2.24) is 5.32 Å². The van der Waals surface area contributed by atoms with Gasteiger partial charge in [0.05, 0.1) is 17.5 Å². The van der Waals surface area contributed by atoms with E-state index in [2.05, 4.69) is 15.8 Å². The molecule has 0 aromatic heterocycles. The number of amidine groups is 1. The summed E-state index contributed by atoms with van der Waals surface area (Å²) >= 11 is 5.83. The Kier molecular flexibility index (Phi) is 8.46. The second-order valence-electron chi connectivity index (χ2n) is 6.35. The largest absolute Gasteiger partial charge is 0.393 e. The number of carbonyl (C=O) groups excluding carboxylic acids is 1. The van der Waals surface area contributed by atoms with E-state index in [0.717, 1.165) is 11.8 Å². The second kappa shape index (κ2) is 10.8. The predicted octanol–water partition coefficient (Wildman–Crippen LogP) is 1.76. The molecule has 5 N–H and O–H groups in total. The molecule has 0 aliphatic carbocycles. The van der Waals surface area contributed by atoms with Crippen molar-refractivity contribution in [2.45, 2.75) is 17.4 Å². The number of carbonyl (C=O) groups is 1. The zero-order valence-electron chi connectivity index (χ0n) is 16.2. The minimum absolute atomic E-state index is 0.0121. The van der Waals surface area contributed by atoms with E-state index in [-0.39, 0.29) is 30.4 Å². The topological polar surface area (TPSA) is 143 Å². The van der Waals surface area contributed by atoms with Crippen molar-refractivity contribution in [2.24, 2.45) is 10.9 Å². The summed E-state index contributed by atoms with van der Waals surface area (Å²) in [6.07, 6.45) is 1.35. The monoisotopic (exact) mass is 454 g/mol. The van der Waals surface area contributed by atoms with Gasteiger partial charge in [0, 0.05) is 23.4 Å². The highest BCUT2D eigenvalue weighted by molar-refractivity contribution is 7.90. The fourth-order valence-electron chi connectivity index (χ4n) is 2.42. The number of sulfone groups is 1. The fraction of sp³-hybridized carbons (Fsp3) is 0.263. The average Bonchev–Trinajstić information content (AvgIpc) is 2.69. The van der Waals surface area contributed by atoms with Gasteiger partial charge in [-0.15, -0.1) is 0 Å². The van der Waals surface area contributed by atoms with Gasteiger partial charge in [0.15, 0.2) is 15.7 Å². The second-order valence-corrected chi connectivity index (χ2v) is 8.80. The number of amides is 2. The van der Waals surface area contributed by atoms with E-state index in [0.29, 0.717) is 10.7 Å². The van der Waals surface area contributed by atoms with E-state index < -0.39 is 21.9 Å². The Bertz CT molecular complexity index is 979. The van der Waals surface area contributed by atoms with Gasteiger partial charge in [0.1, 0.15) is 6.61 Å². The fourth-order valence-corrected chi connectivity index (χ4v) is 3.18. The number of hydrogen-bond donors (Lipinski definition) is 4. The van der Waals surface area contributed by atoms with Gasteiger partial charge in [-0.3, -0.25) is 0 Å². The number of nitrogens with two attached hydrogens (primary N) is 1. The quantitative estimate of drug-likeness (QED) is 0.197. The van der Waals surface area contributed by atoms with Crippen LogP contribution in [0.1, 0.15) is 5.56 Å². The Balaban J connectivity index is 2.14. The lowest BCUT2D eigenvalue weighted by molar-refractivity contribution is 0.0975. The Morgan fingerprint density at radius 2 is 1.83 bits per heavy atom. The SMILES string of the molecule is CS(=O)(=O)c1ccc(CC(NC(=O)Nc2ccc(Cl)cc2)C(N)=NOCCO)cc1. The number of nitrogens with one attached hydrogen (secondary N) is 2. The van der Waals surface area contributed by atoms with Crippen LogP contribution in [0, 0.1) is 0 Å². The summed E-state index contributed by atoms with van der Waals surface area (Å²) in [6, 6.07) is 11.5. The summed E-state index contributed by atoms with van der Waals surface area (Å²) in [5, 5.41) is 18.4. The van der Waals surface area contributed by atoms with Gasteiger partial charge in [-0.25, -0.2) is 13.2 Å². The molecular weight excluding hydrogens is 432 g/mol. The molecule has 30 heavy (non-hydrogen) atoms. The molecule has 9 nitrogen and oxygen atoms in total. The molecule has 0 aliphatic heterocycles. The van der Waals surface area contributed by atoms with Crippen molar-refractivity contribution in [3.05, 3.63) is 59.1 Å². The van der Waals surface area contributed by atoms with Gasteiger partial charge in [-0.2, -0.15) is 0 Å². The average molecular weight is 455 g/mol. The summed E-state index contributed by atoms with van der Waals surface area (Å²) < 4.78 is 23.2. The lowest BCUT2D eigenvalue weighted by Crippen LogP contribution is -2.47. The molecule has 0 radical (unpaired) electrons. The van der Waals surface area contributed by atoms with Crippen LogP contribution < -0.4 is 16.4 Å². The van der Waals surface area contributed by atoms with Gasteiger partial charge in [0.2, 0.25) is 0 Å².